The highest BCUT2D eigenvalue weighted by molar-refractivity contribution is 7.89. The summed E-state index contributed by atoms with van der Waals surface area (Å²) in [5.74, 6) is -2.16. The zero-order valence-electron chi connectivity index (χ0n) is 9.30. The van der Waals surface area contributed by atoms with Gasteiger partial charge in [-0.1, -0.05) is 0 Å². The van der Waals surface area contributed by atoms with Gasteiger partial charge >= 0.3 is 5.97 Å². The van der Waals surface area contributed by atoms with Crippen molar-refractivity contribution in [2.45, 2.75) is 37.8 Å². The average Bonchev–Trinajstić information content (AvgIpc) is 2.16. The van der Waals surface area contributed by atoms with Gasteiger partial charge in [0.15, 0.2) is 5.75 Å². The Morgan fingerprint density at radius 3 is 2.31 bits per heavy atom. The van der Waals surface area contributed by atoms with Gasteiger partial charge in [-0.25, -0.2) is 12.7 Å². The summed E-state index contributed by atoms with van der Waals surface area (Å²) in [5.41, 5.74) is 5.72. The molecule has 0 amide bonds. The second-order valence-corrected chi connectivity index (χ2v) is 6.26. The van der Waals surface area contributed by atoms with Crippen LogP contribution in [-0.4, -0.2) is 48.7 Å². The first-order valence-electron chi connectivity index (χ1n) is 5.26. The molecule has 3 N–H and O–H groups in total. The minimum Gasteiger partial charge on any atom is -0.480 e. The molecule has 1 rings (SSSR count). The SMILES string of the molecule is CN(C1CCC(N)CC1)S(=O)(=O)CC(=O)O. The van der Waals surface area contributed by atoms with Crippen molar-refractivity contribution in [2.24, 2.45) is 5.73 Å². The largest absolute Gasteiger partial charge is 0.480 e. The molecule has 0 atom stereocenters. The maximum Gasteiger partial charge on any atom is 0.320 e. The lowest BCUT2D eigenvalue weighted by molar-refractivity contribution is -0.134. The van der Waals surface area contributed by atoms with Crippen LogP contribution >= 0.6 is 0 Å². The summed E-state index contributed by atoms with van der Waals surface area (Å²) in [7, 11) is -2.24. The molecule has 0 aliphatic heterocycles. The number of hydrogen-bond acceptors (Lipinski definition) is 4. The van der Waals surface area contributed by atoms with Gasteiger partial charge in [0.05, 0.1) is 0 Å². The maximum absolute atomic E-state index is 11.6. The number of nitrogens with two attached hydrogens (primary N) is 1. The Kier molecular flexibility index (Phi) is 4.28. The van der Waals surface area contributed by atoms with Crippen LogP contribution in [0.25, 0.3) is 0 Å². The second kappa shape index (κ2) is 5.11. The summed E-state index contributed by atoms with van der Waals surface area (Å²) in [4.78, 5) is 10.4. The molecule has 0 aromatic heterocycles. The van der Waals surface area contributed by atoms with E-state index in [0.717, 1.165) is 12.8 Å². The van der Waals surface area contributed by atoms with E-state index < -0.39 is 21.7 Å². The van der Waals surface area contributed by atoms with Crippen LogP contribution in [0.4, 0.5) is 0 Å². The van der Waals surface area contributed by atoms with Gasteiger partial charge in [-0.2, -0.15) is 0 Å². The topological polar surface area (TPSA) is 101 Å². The molecule has 16 heavy (non-hydrogen) atoms. The lowest BCUT2D eigenvalue weighted by atomic mass is 9.92. The summed E-state index contributed by atoms with van der Waals surface area (Å²) in [6, 6.07) is 0.0379. The Morgan fingerprint density at radius 2 is 1.88 bits per heavy atom. The van der Waals surface area contributed by atoms with E-state index in [1.807, 2.05) is 0 Å². The van der Waals surface area contributed by atoms with E-state index in [4.69, 9.17) is 10.8 Å². The highest BCUT2D eigenvalue weighted by atomic mass is 32.2. The van der Waals surface area contributed by atoms with Crippen LogP contribution in [0.1, 0.15) is 25.7 Å². The van der Waals surface area contributed by atoms with Gasteiger partial charge in [0.1, 0.15) is 0 Å². The molecule has 6 nitrogen and oxygen atoms in total. The first kappa shape index (κ1) is 13.4. The molecule has 1 aliphatic rings. The quantitative estimate of drug-likeness (QED) is 0.707. The number of rotatable bonds is 4. The van der Waals surface area contributed by atoms with Gasteiger partial charge in [0.25, 0.3) is 0 Å². The van der Waals surface area contributed by atoms with Gasteiger partial charge in [-0.05, 0) is 25.7 Å². The van der Waals surface area contributed by atoms with Crippen molar-refractivity contribution in [3.05, 3.63) is 0 Å². The lowest BCUT2D eigenvalue weighted by Crippen LogP contribution is -2.43. The fraction of sp³-hybridized carbons (Fsp3) is 0.889. The molecule has 0 heterocycles. The molecule has 0 saturated heterocycles. The van der Waals surface area contributed by atoms with Gasteiger partial charge in [-0.3, -0.25) is 4.79 Å². The Hall–Kier alpha value is -0.660. The van der Waals surface area contributed by atoms with Crippen LogP contribution in [0.3, 0.4) is 0 Å². The number of carbonyl (C=O) groups is 1. The summed E-state index contributed by atoms with van der Waals surface area (Å²) < 4.78 is 24.5. The monoisotopic (exact) mass is 250 g/mol. The first-order valence-corrected chi connectivity index (χ1v) is 6.87. The maximum atomic E-state index is 11.6. The van der Waals surface area contributed by atoms with Crippen LogP contribution in [0, 0.1) is 0 Å². The van der Waals surface area contributed by atoms with Crippen LogP contribution in [0.2, 0.25) is 0 Å². The normalized spacial score (nSPS) is 26.9. The van der Waals surface area contributed by atoms with Crippen molar-refractivity contribution in [2.75, 3.05) is 12.8 Å². The molecular weight excluding hydrogens is 232 g/mol. The predicted octanol–water partition coefficient (Wildman–Crippen LogP) is -0.397. The number of nitrogens with zero attached hydrogens (tertiary/aromatic N) is 1. The molecule has 94 valence electrons. The molecule has 0 aromatic rings. The zero-order valence-corrected chi connectivity index (χ0v) is 10.1. The molecule has 1 saturated carbocycles. The minimum atomic E-state index is -3.68. The van der Waals surface area contributed by atoms with Gasteiger partial charge in [-0.15, -0.1) is 0 Å². The van der Waals surface area contributed by atoms with Crippen LogP contribution in [0.5, 0.6) is 0 Å². The number of carboxylic acid groups (broad SMARTS) is 1. The Bertz CT molecular complexity index is 347. The molecule has 1 fully saturated rings. The fourth-order valence-electron chi connectivity index (χ4n) is 1.95. The van der Waals surface area contributed by atoms with Gasteiger partial charge < -0.3 is 10.8 Å². The molecule has 1 aliphatic carbocycles. The number of sulfonamides is 1. The molecule has 0 spiro atoms. The summed E-state index contributed by atoms with van der Waals surface area (Å²) in [6.45, 7) is 0. The minimum absolute atomic E-state index is 0.107. The molecule has 0 bridgehead atoms. The Balaban J connectivity index is 2.63. The number of carboxylic acids is 1. The molecule has 0 aromatic carbocycles. The van der Waals surface area contributed by atoms with Crippen LogP contribution in [0.15, 0.2) is 0 Å². The van der Waals surface area contributed by atoms with Crippen LogP contribution in [-0.2, 0) is 14.8 Å². The van der Waals surface area contributed by atoms with E-state index in [-0.39, 0.29) is 12.1 Å². The second-order valence-electron chi connectivity index (χ2n) is 4.23. The van der Waals surface area contributed by atoms with Crippen molar-refractivity contribution >= 4 is 16.0 Å². The first-order chi connectivity index (χ1) is 7.33. The highest BCUT2D eigenvalue weighted by Gasteiger charge is 2.30. The Morgan fingerprint density at radius 1 is 1.38 bits per heavy atom. The summed E-state index contributed by atoms with van der Waals surface area (Å²) >= 11 is 0. The summed E-state index contributed by atoms with van der Waals surface area (Å²) in [6.07, 6.45) is 2.99. The molecular formula is C9H18N2O4S. The van der Waals surface area contributed by atoms with Crippen molar-refractivity contribution in [3.63, 3.8) is 0 Å². The van der Waals surface area contributed by atoms with Crippen molar-refractivity contribution in [3.8, 4) is 0 Å². The third-order valence-electron chi connectivity index (χ3n) is 3.00. The average molecular weight is 250 g/mol. The standard InChI is InChI=1S/C9H18N2O4S/c1-11(16(14,15)6-9(12)13)8-4-2-7(10)3-5-8/h7-8H,2-6,10H2,1H3,(H,12,13). The smallest absolute Gasteiger partial charge is 0.320 e. The van der Waals surface area contributed by atoms with E-state index in [2.05, 4.69) is 0 Å². The van der Waals surface area contributed by atoms with E-state index in [1.54, 1.807) is 0 Å². The molecule has 0 radical (unpaired) electrons. The third-order valence-corrected chi connectivity index (χ3v) is 4.79. The van der Waals surface area contributed by atoms with E-state index in [9.17, 15) is 13.2 Å². The zero-order chi connectivity index (χ0) is 12.3. The van der Waals surface area contributed by atoms with E-state index in [1.165, 1.54) is 11.4 Å². The summed E-state index contributed by atoms with van der Waals surface area (Å²) in [5, 5.41) is 8.51. The Labute approximate surface area is 95.5 Å². The van der Waals surface area contributed by atoms with Crippen molar-refractivity contribution < 1.29 is 18.3 Å². The predicted molar refractivity (Wildman–Crippen MR) is 59.4 cm³/mol. The van der Waals surface area contributed by atoms with Gasteiger partial charge in [0, 0.05) is 19.1 Å². The van der Waals surface area contributed by atoms with E-state index >= 15 is 0 Å². The third kappa shape index (κ3) is 3.43. The number of aliphatic carboxylic acids is 1. The molecule has 0 unspecified atom stereocenters. The van der Waals surface area contributed by atoms with E-state index in [0.29, 0.717) is 12.8 Å². The fourth-order valence-corrected chi connectivity index (χ4v) is 3.13. The van der Waals surface area contributed by atoms with Crippen LogP contribution < -0.4 is 5.73 Å². The van der Waals surface area contributed by atoms with Crippen molar-refractivity contribution in [1.82, 2.24) is 4.31 Å². The molecule has 7 heteroatoms. The van der Waals surface area contributed by atoms with Crippen molar-refractivity contribution in [1.29, 1.82) is 0 Å². The van der Waals surface area contributed by atoms with Gasteiger partial charge in [0.2, 0.25) is 10.0 Å². The highest BCUT2D eigenvalue weighted by Crippen LogP contribution is 2.23. The lowest BCUT2D eigenvalue weighted by Gasteiger charge is -2.32. The number of hydrogen-bond donors (Lipinski definition) is 2.